The van der Waals surface area contributed by atoms with Gasteiger partial charge in [0.2, 0.25) is 11.8 Å². The summed E-state index contributed by atoms with van der Waals surface area (Å²) in [5.74, 6) is 0.604. The van der Waals surface area contributed by atoms with Gasteiger partial charge < -0.3 is 0 Å². The summed E-state index contributed by atoms with van der Waals surface area (Å²) in [6.45, 7) is 6.94. The van der Waals surface area contributed by atoms with Crippen molar-refractivity contribution in [2.45, 2.75) is 65.7 Å². The van der Waals surface area contributed by atoms with Crippen LogP contribution in [0.25, 0.3) is 0 Å². The highest BCUT2D eigenvalue weighted by Gasteiger charge is 2.44. The van der Waals surface area contributed by atoms with Crippen LogP contribution in [0.4, 0.5) is 0 Å². The van der Waals surface area contributed by atoms with Gasteiger partial charge in [0, 0.05) is 12.8 Å². The van der Waals surface area contributed by atoms with Gasteiger partial charge in [-0.15, -0.1) is 0 Å². The molecule has 1 saturated heterocycles. The maximum atomic E-state index is 11.5. The maximum absolute atomic E-state index is 11.5. The Labute approximate surface area is 110 Å². The largest absolute Gasteiger partial charge is 0.296 e. The van der Waals surface area contributed by atoms with E-state index in [0.717, 1.165) is 18.8 Å². The molecule has 3 heteroatoms. The second-order valence-corrected chi connectivity index (χ2v) is 6.94. The van der Waals surface area contributed by atoms with Crippen molar-refractivity contribution in [1.82, 2.24) is 5.32 Å². The summed E-state index contributed by atoms with van der Waals surface area (Å²) in [6.07, 6.45) is 6.73. The second-order valence-electron chi connectivity index (χ2n) is 6.94. The van der Waals surface area contributed by atoms with Crippen LogP contribution in [0.1, 0.15) is 65.7 Å². The van der Waals surface area contributed by atoms with E-state index in [1.807, 2.05) is 0 Å². The summed E-state index contributed by atoms with van der Waals surface area (Å²) in [4.78, 5) is 23.1. The standard InChI is InChI=1S/C15H25NO2/c1-4-14(2,3)11-5-7-15(8-6-11)9-12(17)16-13(18)10-15/h11H,4-10H2,1-3H3,(H,16,17,18). The van der Waals surface area contributed by atoms with Gasteiger partial charge in [0.05, 0.1) is 0 Å². The molecule has 3 nitrogen and oxygen atoms in total. The van der Waals surface area contributed by atoms with E-state index >= 15 is 0 Å². The quantitative estimate of drug-likeness (QED) is 0.767. The molecule has 1 aliphatic heterocycles. The fourth-order valence-corrected chi connectivity index (χ4v) is 3.64. The summed E-state index contributed by atoms with van der Waals surface area (Å²) < 4.78 is 0. The Hall–Kier alpha value is -0.860. The van der Waals surface area contributed by atoms with Crippen molar-refractivity contribution in [2.75, 3.05) is 0 Å². The van der Waals surface area contributed by atoms with Gasteiger partial charge in [-0.1, -0.05) is 27.2 Å². The lowest BCUT2D eigenvalue weighted by atomic mass is 9.60. The Morgan fingerprint density at radius 2 is 1.67 bits per heavy atom. The van der Waals surface area contributed by atoms with Crippen LogP contribution in [0.3, 0.4) is 0 Å². The summed E-state index contributed by atoms with van der Waals surface area (Å²) in [5, 5.41) is 2.43. The first-order chi connectivity index (χ1) is 8.37. The van der Waals surface area contributed by atoms with Crippen LogP contribution >= 0.6 is 0 Å². The van der Waals surface area contributed by atoms with Crippen LogP contribution in [0.2, 0.25) is 0 Å². The number of carbonyl (C=O) groups excluding carboxylic acids is 2. The molecule has 0 aromatic heterocycles. The number of imide groups is 1. The lowest BCUT2D eigenvalue weighted by Gasteiger charge is -2.45. The number of piperidine rings is 1. The summed E-state index contributed by atoms with van der Waals surface area (Å²) in [7, 11) is 0. The summed E-state index contributed by atoms with van der Waals surface area (Å²) in [5.41, 5.74) is 0.377. The first-order valence-corrected chi connectivity index (χ1v) is 7.20. The molecular weight excluding hydrogens is 226 g/mol. The van der Waals surface area contributed by atoms with Crippen LogP contribution in [0, 0.1) is 16.7 Å². The van der Waals surface area contributed by atoms with E-state index in [-0.39, 0.29) is 17.2 Å². The molecule has 2 rings (SSSR count). The van der Waals surface area contributed by atoms with Gasteiger partial charge in [-0.3, -0.25) is 14.9 Å². The van der Waals surface area contributed by atoms with E-state index < -0.39 is 0 Å². The molecule has 1 spiro atoms. The van der Waals surface area contributed by atoms with Crippen molar-refractivity contribution >= 4 is 11.8 Å². The van der Waals surface area contributed by atoms with Gasteiger partial charge >= 0.3 is 0 Å². The lowest BCUT2D eigenvalue weighted by molar-refractivity contribution is -0.139. The second kappa shape index (κ2) is 4.67. The number of hydrogen-bond acceptors (Lipinski definition) is 2. The van der Waals surface area contributed by atoms with Crippen LogP contribution < -0.4 is 5.32 Å². The molecule has 102 valence electrons. The Morgan fingerprint density at radius 1 is 1.17 bits per heavy atom. The molecule has 0 aromatic rings. The predicted molar refractivity (Wildman–Crippen MR) is 70.8 cm³/mol. The summed E-state index contributed by atoms with van der Waals surface area (Å²) in [6, 6.07) is 0. The Balaban J connectivity index is 2.01. The molecule has 1 aliphatic carbocycles. The number of carbonyl (C=O) groups is 2. The van der Waals surface area contributed by atoms with E-state index in [2.05, 4.69) is 26.1 Å². The average molecular weight is 251 g/mol. The normalized spacial score (nSPS) is 25.3. The lowest BCUT2D eigenvalue weighted by Crippen LogP contribution is -2.47. The van der Waals surface area contributed by atoms with Crippen molar-refractivity contribution < 1.29 is 9.59 Å². The first-order valence-electron chi connectivity index (χ1n) is 7.20. The summed E-state index contributed by atoms with van der Waals surface area (Å²) >= 11 is 0. The molecule has 18 heavy (non-hydrogen) atoms. The SMILES string of the molecule is CCC(C)(C)C1CCC2(CC1)CC(=O)NC(=O)C2. The minimum absolute atomic E-state index is 0.0141. The van der Waals surface area contributed by atoms with Crippen LogP contribution in [-0.4, -0.2) is 11.8 Å². The zero-order chi connectivity index (χ0) is 13.4. The van der Waals surface area contributed by atoms with Gasteiger partial charge in [0.25, 0.3) is 0 Å². The number of nitrogens with one attached hydrogen (secondary N) is 1. The zero-order valence-electron chi connectivity index (χ0n) is 11.8. The highest BCUT2D eigenvalue weighted by molar-refractivity contribution is 5.98. The third kappa shape index (κ3) is 2.60. The molecule has 0 atom stereocenters. The minimum Gasteiger partial charge on any atom is -0.296 e. The minimum atomic E-state index is -0.0700. The fraction of sp³-hybridized carbons (Fsp3) is 0.867. The molecule has 2 amide bonds. The molecule has 0 unspecified atom stereocenters. The van der Waals surface area contributed by atoms with E-state index in [4.69, 9.17) is 0 Å². The van der Waals surface area contributed by atoms with Crippen molar-refractivity contribution in [3.8, 4) is 0 Å². The maximum Gasteiger partial charge on any atom is 0.227 e. The molecule has 1 saturated carbocycles. The highest BCUT2D eigenvalue weighted by Crippen LogP contribution is 2.50. The number of amides is 2. The molecule has 2 fully saturated rings. The Morgan fingerprint density at radius 3 is 2.11 bits per heavy atom. The highest BCUT2D eigenvalue weighted by atomic mass is 16.2. The molecule has 0 bridgehead atoms. The van der Waals surface area contributed by atoms with Crippen molar-refractivity contribution in [1.29, 1.82) is 0 Å². The van der Waals surface area contributed by atoms with E-state index in [0.29, 0.717) is 18.3 Å². The van der Waals surface area contributed by atoms with Crippen molar-refractivity contribution in [3.63, 3.8) is 0 Å². The van der Waals surface area contributed by atoms with Crippen molar-refractivity contribution in [2.24, 2.45) is 16.7 Å². The van der Waals surface area contributed by atoms with Gasteiger partial charge in [0.1, 0.15) is 0 Å². The molecule has 1 N–H and O–H groups in total. The van der Waals surface area contributed by atoms with Gasteiger partial charge in [-0.05, 0) is 42.4 Å². The third-order valence-corrected chi connectivity index (χ3v) is 5.41. The predicted octanol–water partition coefficient (Wildman–Crippen LogP) is 3.04. The van der Waals surface area contributed by atoms with Crippen molar-refractivity contribution in [3.05, 3.63) is 0 Å². The van der Waals surface area contributed by atoms with Crippen LogP contribution in [0.5, 0.6) is 0 Å². The van der Waals surface area contributed by atoms with Gasteiger partial charge in [-0.2, -0.15) is 0 Å². The molecular formula is C15H25NO2. The first kappa shape index (κ1) is 13.6. The van der Waals surface area contributed by atoms with Crippen LogP contribution in [-0.2, 0) is 9.59 Å². The van der Waals surface area contributed by atoms with E-state index in [9.17, 15) is 9.59 Å². The molecule has 1 heterocycles. The molecule has 0 aromatic carbocycles. The topological polar surface area (TPSA) is 46.2 Å². The number of rotatable bonds is 2. The molecule has 2 aliphatic rings. The zero-order valence-corrected chi connectivity index (χ0v) is 11.8. The fourth-order valence-electron chi connectivity index (χ4n) is 3.64. The Bertz CT molecular complexity index is 334. The van der Waals surface area contributed by atoms with Gasteiger partial charge in [0.15, 0.2) is 0 Å². The van der Waals surface area contributed by atoms with Crippen LogP contribution in [0.15, 0.2) is 0 Å². The average Bonchev–Trinajstić information content (AvgIpc) is 2.28. The monoisotopic (exact) mass is 251 g/mol. The smallest absolute Gasteiger partial charge is 0.227 e. The molecule has 0 radical (unpaired) electrons. The third-order valence-electron chi connectivity index (χ3n) is 5.41. The van der Waals surface area contributed by atoms with E-state index in [1.165, 1.54) is 19.3 Å². The van der Waals surface area contributed by atoms with Gasteiger partial charge in [-0.25, -0.2) is 0 Å². The number of hydrogen-bond donors (Lipinski definition) is 1. The Kier molecular flexibility index (Phi) is 3.52. The van der Waals surface area contributed by atoms with E-state index in [1.54, 1.807) is 0 Å².